The van der Waals surface area contributed by atoms with E-state index in [4.69, 9.17) is 19.4 Å². The van der Waals surface area contributed by atoms with Gasteiger partial charge in [-0.05, 0) is 85.9 Å². The van der Waals surface area contributed by atoms with Crippen LogP contribution in [0.15, 0.2) is 79.0 Å². The molecule has 2 fully saturated rings. The van der Waals surface area contributed by atoms with Crippen LogP contribution in [0.5, 0.6) is 0 Å². The van der Waals surface area contributed by atoms with Crippen LogP contribution in [0.25, 0.3) is 33.6 Å². The van der Waals surface area contributed by atoms with Gasteiger partial charge in [-0.2, -0.15) is 0 Å². The van der Waals surface area contributed by atoms with E-state index in [2.05, 4.69) is 63.8 Å². The molecule has 13 heteroatoms. The maximum atomic E-state index is 13.7. The third kappa shape index (κ3) is 8.02. The monoisotopic (exact) mass is 770 g/mol. The fraction of sp³-hybridized carbons (Fsp3) is 0.386. The predicted octanol–water partition coefficient (Wildman–Crippen LogP) is 7.27. The standard InChI is InChI=1S/C44H50N8O5/c1-50(2)33-21-19-32(20-22-33)42(53)51-23-6-9-37(51)40-45-26-35(46-40)30-15-11-28(12-16-30)29-13-17-31(18-14-29)39-36-27-57-25-5-4-8-34(48-44(55)56-3)43(54)52-24-7-10-38(52)41(47-36)49-39/h11-22,26,34,37-38H,4-10,23-25,27H2,1-3H3,(H,45,46)(H,47,49)(H,48,55)/t34-,37-,38-/m0/s1. The summed E-state index contributed by atoms with van der Waals surface area (Å²) < 4.78 is 10.9. The number of ether oxygens (including phenoxy) is 2. The van der Waals surface area contributed by atoms with Gasteiger partial charge in [-0.25, -0.2) is 14.8 Å². The summed E-state index contributed by atoms with van der Waals surface area (Å²) in [6, 6.07) is 23.5. The normalized spacial score (nSPS) is 20.0. The van der Waals surface area contributed by atoms with E-state index in [-0.39, 0.29) is 23.9 Å². The Morgan fingerprint density at radius 3 is 2.21 bits per heavy atom. The molecule has 0 spiro atoms. The van der Waals surface area contributed by atoms with E-state index in [1.165, 1.54) is 7.11 Å². The molecular weight excluding hydrogens is 721 g/mol. The number of aromatic nitrogens is 4. The Hall–Kier alpha value is -5.95. The molecule has 2 saturated heterocycles. The first-order valence-corrected chi connectivity index (χ1v) is 19.9. The average molecular weight is 771 g/mol. The van der Waals surface area contributed by atoms with Gasteiger partial charge in [0.2, 0.25) is 5.91 Å². The molecule has 3 aliphatic heterocycles. The maximum absolute atomic E-state index is 13.7. The molecule has 3 N–H and O–H groups in total. The fourth-order valence-corrected chi connectivity index (χ4v) is 8.31. The number of hydrogen-bond acceptors (Lipinski definition) is 8. The van der Waals surface area contributed by atoms with Crippen molar-refractivity contribution < 1.29 is 23.9 Å². The summed E-state index contributed by atoms with van der Waals surface area (Å²) in [6.07, 6.45) is 6.70. The molecule has 3 aromatic carbocycles. The Morgan fingerprint density at radius 2 is 1.49 bits per heavy atom. The number of hydrogen-bond donors (Lipinski definition) is 3. The van der Waals surface area contributed by atoms with Gasteiger partial charge in [0.15, 0.2) is 0 Å². The lowest BCUT2D eigenvalue weighted by Crippen LogP contribution is -2.48. The molecule has 0 aliphatic carbocycles. The number of benzene rings is 3. The van der Waals surface area contributed by atoms with E-state index >= 15 is 0 Å². The van der Waals surface area contributed by atoms with E-state index in [0.29, 0.717) is 38.3 Å². The maximum Gasteiger partial charge on any atom is 0.407 e. The highest BCUT2D eigenvalue weighted by molar-refractivity contribution is 5.95. The number of imidazole rings is 2. The van der Waals surface area contributed by atoms with Gasteiger partial charge >= 0.3 is 6.09 Å². The second-order valence-corrected chi connectivity index (χ2v) is 15.3. The summed E-state index contributed by atoms with van der Waals surface area (Å²) in [5, 5.41) is 2.75. The minimum absolute atomic E-state index is 0.0284. The zero-order valence-electron chi connectivity index (χ0n) is 32.8. The lowest BCUT2D eigenvalue weighted by atomic mass is 10.0. The number of methoxy groups -OCH3 is 1. The fourth-order valence-electron chi connectivity index (χ4n) is 8.31. The molecule has 3 atom stereocenters. The molecule has 8 rings (SSSR count). The van der Waals surface area contributed by atoms with Gasteiger partial charge in [0.25, 0.3) is 5.91 Å². The second kappa shape index (κ2) is 16.6. The van der Waals surface area contributed by atoms with Crippen molar-refractivity contribution in [2.24, 2.45) is 0 Å². The summed E-state index contributed by atoms with van der Waals surface area (Å²) in [6.45, 7) is 2.22. The molecule has 5 aromatic rings. The average Bonchev–Trinajstić information content (AvgIpc) is 4.08. The van der Waals surface area contributed by atoms with Gasteiger partial charge in [0, 0.05) is 50.6 Å². The topological polar surface area (TPSA) is 149 Å². The van der Waals surface area contributed by atoms with E-state index < -0.39 is 12.1 Å². The van der Waals surface area contributed by atoms with Crippen molar-refractivity contribution in [3.05, 3.63) is 102 Å². The summed E-state index contributed by atoms with van der Waals surface area (Å²) in [4.78, 5) is 62.0. The number of rotatable bonds is 7. The first-order chi connectivity index (χ1) is 27.8. The van der Waals surface area contributed by atoms with Crippen molar-refractivity contribution in [3.8, 4) is 33.6 Å². The Morgan fingerprint density at radius 1 is 0.807 bits per heavy atom. The van der Waals surface area contributed by atoms with Gasteiger partial charge in [0.05, 0.1) is 49.1 Å². The molecule has 5 heterocycles. The Balaban J connectivity index is 0.966. The number of aromatic amines is 2. The van der Waals surface area contributed by atoms with Crippen molar-refractivity contribution in [3.63, 3.8) is 0 Å². The van der Waals surface area contributed by atoms with Crippen LogP contribution in [0, 0.1) is 0 Å². The predicted molar refractivity (Wildman–Crippen MR) is 217 cm³/mol. The SMILES string of the molecule is COC(=O)N[C@H]1CCCCOCc2[nH]c(nc2-c2ccc(-c3ccc(-c4cnc([C@@H]5CCCN5C(=O)c5ccc(N(C)C)cc5)[nH]4)cc3)cc2)[C@@H]2CCCN2C1=O. The largest absolute Gasteiger partial charge is 0.453 e. The first-order valence-electron chi connectivity index (χ1n) is 19.9. The van der Waals surface area contributed by atoms with Crippen molar-refractivity contribution in [2.75, 3.05) is 45.8 Å². The highest BCUT2D eigenvalue weighted by Gasteiger charge is 2.37. The van der Waals surface area contributed by atoms with Gasteiger partial charge in [-0.1, -0.05) is 48.5 Å². The minimum Gasteiger partial charge on any atom is -0.453 e. The number of fused-ring (bicyclic) bond motifs is 4. The van der Waals surface area contributed by atoms with Gasteiger partial charge in [-0.3, -0.25) is 9.59 Å². The van der Waals surface area contributed by atoms with Crippen LogP contribution >= 0.6 is 0 Å². The zero-order valence-corrected chi connectivity index (χ0v) is 32.8. The Bertz CT molecular complexity index is 2190. The number of nitrogens with one attached hydrogen (secondary N) is 3. The number of anilines is 1. The summed E-state index contributed by atoms with van der Waals surface area (Å²) in [7, 11) is 5.28. The highest BCUT2D eigenvalue weighted by Crippen LogP contribution is 2.36. The third-order valence-electron chi connectivity index (χ3n) is 11.4. The second-order valence-electron chi connectivity index (χ2n) is 15.3. The van der Waals surface area contributed by atoms with Crippen molar-refractivity contribution in [2.45, 2.75) is 69.7 Å². The lowest BCUT2D eigenvalue weighted by Gasteiger charge is -2.28. The molecule has 296 valence electrons. The molecule has 3 amide bonds. The van der Waals surface area contributed by atoms with E-state index in [9.17, 15) is 14.4 Å². The quantitative estimate of drug-likeness (QED) is 0.157. The lowest BCUT2D eigenvalue weighted by molar-refractivity contribution is -0.134. The Labute approximate surface area is 332 Å². The van der Waals surface area contributed by atoms with E-state index in [1.54, 1.807) is 0 Å². The number of amides is 3. The molecule has 2 bridgehead atoms. The number of carbonyl (C=O) groups is 3. The van der Waals surface area contributed by atoms with Crippen LogP contribution in [-0.2, 0) is 20.9 Å². The number of alkyl carbamates (subject to hydrolysis) is 1. The molecule has 3 aliphatic rings. The highest BCUT2D eigenvalue weighted by atomic mass is 16.5. The molecular formula is C44H50N8O5. The van der Waals surface area contributed by atoms with Crippen LogP contribution in [0.1, 0.15) is 84.7 Å². The molecule has 0 radical (unpaired) electrons. The van der Waals surface area contributed by atoms with Crippen LogP contribution in [-0.4, -0.2) is 94.6 Å². The van der Waals surface area contributed by atoms with Crippen molar-refractivity contribution >= 4 is 23.6 Å². The molecule has 13 nitrogen and oxygen atoms in total. The Kier molecular flexibility index (Phi) is 11.1. The molecule has 0 unspecified atom stereocenters. The van der Waals surface area contributed by atoms with Crippen LogP contribution < -0.4 is 10.2 Å². The number of nitrogens with zero attached hydrogens (tertiary/aromatic N) is 5. The van der Waals surface area contributed by atoms with Crippen molar-refractivity contribution in [1.29, 1.82) is 0 Å². The molecule has 2 aromatic heterocycles. The van der Waals surface area contributed by atoms with E-state index in [1.807, 2.05) is 59.3 Å². The number of carbonyl (C=O) groups excluding carboxylic acids is 3. The number of likely N-dealkylation sites (tertiary alicyclic amines) is 1. The van der Waals surface area contributed by atoms with Gasteiger partial charge in [0.1, 0.15) is 17.7 Å². The summed E-state index contributed by atoms with van der Waals surface area (Å²) >= 11 is 0. The van der Waals surface area contributed by atoms with Crippen molar-refractivity contribution in [1.82, 2.24) is 35.1 Å². The smallest absolute Gasteiger partial charge is 0.407 e. The first kappa shape index (κ1) is 37.9. The van der Waals surface area contributed by atoms with E-state index in [0.717, 1.165) is 95.2 Å². The molecule has 57 heavy (non-hydrogen) atoms. The summed E-state index contributed by atoms with van der Waals surface area (Å²) in [5.41, 5.74) is 8.48. The third-order valence-corrected chi connectivity index (χ3v) is 11.4. The van der Waals surface area contributed by atoms with Crippen LogP contribution in [0.4, 0.5) is 10.5 Å². The zero-order chi connectivity index (χ0) is 39.5. The summed E-state index contributed by atoms with van der Waals surface area (Å²) in [5.74, 6) is 1.46. The number of H-pyrrole nitrogens is 2. The van der Waals surface area contributed by atoms with Crippen LogP contribution in [0.2, 0.25) is 0 Å². The van der Waals surface area contributed by atoms with Gasteiger partial charge < -0.3 is 39.5 Å². The minimum atomic E-state index is -0.663. The van der Waals surface area contributed by atoms with Crippen LogP contribution in [0.3, 0.4) is 0 Å². The molecule has 0 saturated carbocycles. The van der Waals surface area contributed by atoms with Gasteiger partial charge in [-0.15, -0.1) is 0 Å².